The number of rotatable bonds is 17. The van der Waals surface area contributed by atoms with Crippen molar-refractivity contribution in [2.75, 3.05) is 24.6 Å². The fourth-order valence-corrected chi connectivity index (χ4v) is 8.41. The fraction of sp³-hybridized carbons (Fsp3) is 0.605. The van der Waals surface area contributed by atoms with Crippen LogP contribution in [0.3, 0.4) is 0 Å². The third-order valence-corrected chi connectivity index (χ3v) is 12.4. The van der Waals surface area contributed by atoms with Crippen molar-refractivity contribution in [3.05, 3.63) is 29.8 Å². The van der Waals surface area contributed by atoms with E-state index in [1.807, 2.05) is 0 Å². The summed E-state index contributed by atoms with van der Waals surface area (Å²) >= 11 is 0.933. The lowest BCUT2D eigenvalue weighted by molar-refractivity contribution is -0.142. The van der Waals surface area contributed by atoms with Gasteiger partial charge in [0.15, 0.2) is 0 Å². The van der Waals surface area contributed by atoms with Crippen molar-refractivity contribution in [3.63, 3.8) is 0 Å². The van der Waals surface area contributed by atoms with Crippen molar-refractivity contribution < 1.29 is 63.0 Å². The predicted octanol–water partition coefficient (Wildman–Crippen LogP) is -3.66. The molecule has 24 nitrogen and oxygen atoms in total. The highest BCUT2D eigenvalue weighted by atomic mass is 32.2. The Morgan fingerprint density at radius 3 is 2.04 bits per heavy atom. The van der Waals surface area contributed by atoms with Gasteiger partial charge in [-0.25, -0.2) is 0 Å². The molecule has 2 fully saturated rings. The summed E-state index contributed by atoms with van der Waals surface area (Å²) in [5, 5.41) is 36.5. The molecule has 10 amide bonds. The van der Waals surface area contributed by atoms with E-state index in [1.165, 1.54) is 29.2 Å². The Morgan fingerprint density at radius 1 is 0.824 bits per heavy atom. The van der Waals surface area contributed by atoms with Gasteiger partial charge in [0.1, 0.15) is 54.6 Å². The van der Waals surface area contributed by atoms with Gasteiger partial charge in [-0.3, -0.25) is 52.7 Å². The van der Waals surface area contributed by atoms with E-state index in [-0.39, 0.29) is 49.0 Å². The molecule has 2 heterocycles. The Labute approximate surface area is 397 Å². The van der Waals surface area contributed by atoms with Gasteiger partial charge < -0.3 is 69.5 Å². The number of nitrogens with two attached hydrogens (primary N) is 3. The molecule has 68 heavy (non-hydrogen) atoms. The number of amides is 10. The first-order valence-electron chi connectivity index (χ1n) is 22.3. The van der Waals surface area contributed by atoms with Crippen LogP contribution >= 0.6 is 11.8 Å². The number of likely N-dealkylation sites (tertiary alicyclic amines) is 1. The maximum atomic E-state index is 14.5. The molecule has 3 rings (SSSR count). The van der Waals surface area contributed by atoms with Crippen LogP contribution in [0.2, 0.25) is 0 Å². The molecule has 0 spiro atoms. The zero-order valence-electron chi connectivity index (χ0n) is 38.5. The van der Waals surface area contributed by atoms with E-state index in [4.69, 9.17) is 22.3 Å². The molecule has 9 atom stereocenters. The van der Waals surface area contributed by atoms with Gasteiger partial charge in [0.25, 0.3) is 0 Å². The molecular formula is C43H65N11O13S. The van der Waals surface area contributed by atoms with E-state index in [0.717, 1.165) is 11.8 Å². The molecule has 0 unspecified atom stereocenters. The minimum atomic E-state index is -1.77. The highest BCUT2D eigenvalue weighted by Crippen LogP contribution is 2.22. The number of benzene rings is 1. The van der Waals surface area contributed by atoms with Gasteiger partial charge in [-0.05, 0) is 55.2 Å². The zero-order valence-corrected chi connectivity index (χ0v) is 39.4. The van der Waals surface area contributed by atoms with Crippen LogP contribution in [-0.4, -0.2) is 153 Å². The lowest BCUT2D eigenvalue weighted by Gasteiger charge is -2.31. The second-order valence-corrected chi connectivity index (χ2v) is 18.4. The topological polar surface area (TPSA) is 394 Å². The summed E-state index contributed by atoms with van der Waals surface area (Å²) in [6.07, 6.45) is -0.854. The Morgan fingerprint density at radius 2 is 1.44 bits per heavy atom. The molecule has 0 aliphatic carbocycles. The molecule has 0 bridgehead atoms. The van der Waals surface area contributed by atoms with Crippen LogP contribution in [0.4, 0.5) is 0 Å². The predicted molar refractivity (Wildman–Crippen MR) is 245 cm³/mol. The van der Waals surface area contributed by atoms with Gasteiger partial charge in [-0.15, -0.1) is 0 Å². The minimum Gasteiger partial charge on any atom is -0.508 e. The molecular weight excluding hydrogens is 911 g/mol. The fourth-order valence-electron chi connectivity index (χ4n) is 7.41. The number of nitrogens with one attached hydrogen (secondary N) is 7. The van der Waals surface area contributed by atoms with Gasteiger partial charge in [0.05, 0.1) is 12.5 Å². The van der Waals surface area contributed by atoms with Gasteiger partial charge in [0.2, 0.25) is 59.1 Å². The number of carbonyl (C=O) groups excluding carboxylic acids is 10. The first-order chi connectivity index (χ1) is 32.0. The third-order valence-electron chi connectivity index (χ3n) is 11.3. The molecule has 1 aromatic rings. The number of carbonyl (C=O) groups is 11. The van der Waals surface area contributed by atoms with Crippen molar-refractivity contribution in [3.8, 4) is 5.75 Å². The number of hydrogen-bond acceptors (Lipinski definition) is 14. The highest BCUT2D eigenvalue weighted by molar-refractivity contribution is 7.99. The summed E-state index contributed by atoms with van der Waals surface area (Å²) in [4.78, 5) is 148. The molecule has 2 aliphatic heterocycles. The second-order valence-electron chi connectivity index (χ2n) is 17.3. The quantitative estimate of drug-likeness (QED) is 0.0716. The van der Waals surface area contributed by atoms with Crippen LogP contribution in [0, 0.1) is 11.8 Å². The summed E-state index contributed by atoms with van der Waals surface area (Å²) in [6, 6.07) is -5.41. The molecule has 2 saturated heterocycles. The van der Waals surface area contributed by atoms with Crippen molar-refractivity contribution in [2.45, 2.75) is 127 Å². The van der Waals surface area contributed by atoms with Crippen molar-refractivity contribution in [2.24, 2.45) is 29.0 Å². The van der Waals surface area contributed by atoms with Crippen molar-refractivity contribution >= 4 is 76.8 Å². The number of aromatic hydroxyl groups is 1. The average Bonchev–Trinajstić information content (AvgIpc) is 3.77. The minimum absolute atomic E-state index is 0.0146. The first-order valence-corrected chi connectivity index (χ1v) is 23.5. The number of phenols is 1. The van der Waals surface area contributed by atoms with E-state index < -0.39 is 145 Å². The van der Waals surface area contributed by atoms with Crippen LogP contribution in [0.15, 0.2) is 24.3 Å². The summed E-state index contributed by atoms with van der Waals surface area (Å²) in [5.74, 6) is -11.4. The number of nitrogens with zero attached hydrogens (tertiary/aromatic N) is 1. The SMILES string of the molecule is CC[C@H](C)[C@@H]1NC(=O)[C@H](Cc2ccc(O)cc2)NC(=O)[C@@H](N)CSC[C@@H](C(=O)N2CCC[C@H]2C(=O)N[C@@H](CC(C)C)C(=O)NCC(=O)O)NC(=O)[C@H](CC(N)=O)NC(=O)[C@H](CCC(N)=O)NC1=O. The van der Waals surface area contributed by atoms with E-state index in [1.54, 1.807) is 27.7 Å². The zero-order chi connectivity index (χ0) is 50.8. The normalized spacial score (nSPS) is 24.3. The maximum Gasteiger partial charge on any atom is 0.322 e. The number of hydrogen-bond donors (Lipinski definition) is 12. The molecule has 1 aromatic carbocycles. The molecule has 2 aliphatic rings. The van der Waals surface area contributed by atoms with Gasteiger partial charge in [-0.1, -0.05) is 46.2 Å². The first kappa shape index (κ1) is 55.8. The van der Waals surface area contributed by atoms with Crippen LogP contribution < -0.4 is 54.4 Å². The summed E-state index contributed by atoms with van der Waals surface area (Å²) in [5.41, 5.74) is 17.7. The second kappa shape index (κ2) is 26.7. The Hall–Kier alpha value is -6.50. The van der Waals surface area contributed by atoms with Gasteiger partial charge in [-0.2, -0.15) is 11.8 Å². The van der Waals surface area contributed by atoms with Crippen LogP contribution in [0.25, 0.3) is 0 Å². The maximum absolute atomic E-state index is 14.5. The molecule has 0 radical (unpaired) electrons. The number of carboxylic acid groups (broad SMARTS) is 1. The van der Waals surface area contributed by atoms with Gasteiger partial charge in [0, 0.05) is 30.9 Å². The van der Waals surface area contributed by atoms with E-state index in [9.17, 15) is 57.8 Å². The molecule has 0 saturated carbocycles. The Bertz CT molecular complexity index is 2020. The van der Waals surface area contributed by atoms with E-state index in [2.05, 4.69) is 37.2 Å². The van der Waals surface area contributed by atoms with E-state index >= 15 is 0 Å². The largest absolute Gasteiger partial charge is 0.508 e. The smallest absolute Gasteiger partial charge is 0.322 e. The number of phenolic OH excluding ortho intramolecular Hbond substituents is 1. The number of aliphatic carboxylic acids is 1. The van der Waals surface area contributed by atoms with Crippen molar-refractivity contribution in [1.29, 1.82) is 0 Å². The Kier molecular flexibility index (Phi) is 22.0. The molecule has 25 heteroatoms. The molecule has 0 aromatic heterocycles. The lowest BCUT2D eigenvalue weighted by Crippen LogP contribution is -2.61. The number of primary amides is 2. The number of carboxylic acids is 1. The monoisotopic (exact) mass is 975 g/mol. The van der Waals surface area contributed by atoms with E-state index in [0.29, 0.717) is 18.4 Å². The summed E-state index contributed by atoms with van der Waals surface area (Å²) in [7, 11) is 0. The van der Waals surface area contributed by atoms with Gasteiger partial charge >= 0.3 is 5.97 Å². The summed E-state index contributed by atoms with van der Waals surface area (Å²) < 4.78 is 0. The molecule has 15 N–H and O–H groups in total. The van der Waals surface area contributed by atoms with Crippen LogP contribution in [0.1, 0.15) is 78.2 Å². The summed E-state index contributed by atoms with van der Waals surface area (Å²) in [6.45, 7) is 6.27. The number of thioether (sulfide) groups is 1. The third kappa shape index (κ3) is 17.6. The highest BCUT2D eigenvalue weighted by Gasteiger charge is 2.41. The lowest BCUT2D eigenvalue weighted by atomic mass is 9.96. The average molecular weight is 976 g/mol. The molecule has 376 valence electrons. The van der Waals surface area contributed by atoms with Crippen LogP contribution in [0.5, 0.6) is 5.75 Å². The Balaban J connectivity index is 2.07. The van der Waals surface area contributed by atoms with Crippen LogP contribution in [-0.2, 0) is 59.2 Å². The van der Waals surface area contributed by atoms with Crippen molar-refractivity contribution in [1.82, 2.24) is 42.1 Å². The standard InChI is InChI=1S/C43H65N11O13S/c1-5-22(4)35-42(66)48-26(12-13-32(45)56)38(62)50-29(17-33(46)57)39(63)52-30(20-68-19-25(44)36(60)49-28(40(64)53-35)16-23-8-10-24(55)11-9-23)43(67)54-14-6-7-31(54)41(65)51-27(15-21(2)3)37(61)47-18-34(58)59/h8-11,21-22,25-31,35,55H,5-7,12-20,44H2,1-4H3,(H2,45,56)(H2,46,57)(H,47,61)(H,48,66)(H,49,60)(H,50,62)(H,51,65)(H,52,63)(H,53,64)(H,58,59)/t22-,25-,26-,27-,28-,29-,30-,31-,35-/m0/s1.